The van der Waals surface area contributed by atoms with Crippen LogP contribution in [0.25, 0.3) is 0 Å². The molecule has 0 spiro atoms. The van der Waals surface area contributed by atoms with Crippen LogP contribution in [-0.4, -0.2) is 41.9 Å². The fourth-order valence-corrected chi connectivity index (χ4v) is 11.2. The molecule has 38 heavy (non-hydrogen) atoms. The number of ether oxygens (including phenoxy) is 1. The van der Waals surface area contributed by atoms with Crippen LogP contribution >= 0.6 is 0 Å². The number of likely N-dealkylation sites (tertiary alicyclic amines) is 1. The maximum atomic E-state index is 10.6. The lowest BCUT2D eigenvalue weighted by molar-refractivity contribution is -0.0584. The van der Waals surface area contributed by atoms with Crippen molar-refractivity contribution in [2.24, 2.45) is 53.3 Å². The minimum atomic E-state index is -0.411. The normalized spacial score (nSPS) is 52.3. The van der Waals surface area contributed by atoms with Gasteiger partial charge in [-0.05, 0) is 87.5 Å². The Balaban J connectivity index is 1.12. The van der Waals surface area contributed by atoms with Gasteiger partial charge in [0.25, 0.3) is 0 Å². The zero-order chi connectivity index (χ0) is 25.8. The van der Waals surface area contributed by atoms with Crippen molar-refractivity contribution in [3.63, 3.8) is 0 Å². The topological polar surface area (TPSA) is 95.9 Å². The number of fused-ring (bicyclic) bond motifs is 6. The Morgan fingerprint density at radius 2 is 1.21 bits per heavy atom. The van der Waals surface area contributed by atoms with E-state index in [1.165, 1.54) is 64.2 Å². The SMILES string of the molecule is N#CC1C(C#N)C(C2CCC(N3C4CCCCC4C4CCCCC43)NC2)C(C#N)C2C3CCCCC3OC12. The minimum Gasteiger partial charge on any atom is -0.373 e. The molecule has 3 aliphatic heterocycles. The van der Waals surface area contributed by atoms with Gasteiger partial charge in [-0.15, -0.1) is 0 Å². The van der Waals surface area contributed by atoms with Gasteiger partial charge in [0.15, 0.2) is 0 Å². The molecular weight excluding hydrogens is 470 g/mol. The first-order valence-electron chi connectivity index (χ1n) is 16.1. The second kappa shape index (κ2) is 10.4. The molecule has 7 rings (SSSR count). The largest absolute Gasteiger partial charge is 0.373 e. The molecule has 1 N–H and O–H groups in total. The van der Waals surface area contributed by atoms with E-state index in [1.807, 2.05) is 0 Å². The molecule has 0 aromatic carbocycles. The number of rotatable bonds is 2. The smallest absolute Gasteiger partial charge is 0.0889 e. The van der Waals surface area contributed by atoms with Gasteiger partial charge in [0.2, 0.25) is 0 Å². The highest BCUT2D eigenvalue weighted by molar-refractivity contribution is 5.19. The lowest BCUT2D eigenvalue weighted by Gasteiger charge is -2.49. The maximum Gasteiger partial charge on any atom is 0.0889 e. The van der Waals surface area contributed by atoms with E-state index < -0.39 is 11.8 Å². The third-order valence-corrected chi connectivity index (χ3v) is 12.6. The second-order valence-electron chi connectivity index (χ2n) is 13.9. The van der Waals surface area contributed by atoms with Crippen LogP contribution in [-0.2, 0) is 4.74 Å². The molecule has 14 unspecified atom stereocenters. The molecule has 14 atom stereocenters. The van der Waals surface area contributed by atoms with E-state index >= 15 is 0 Å². The van der Waals surface area contributed by atoms with Crippen LogP contribution in [0.15, 0.2) is 0 Å². The van der Waals surface area contributed by atoms with Gasteiger partial charge in [-0.3, -0.25) is 4.90 Å². The Morgan fingerprint density at radius 3 is 1.82 bits per heavy atom. The Hall–Kier alpha value is -1.65. The molecule has 7 aliphatic rings. The highest BCUT2D eigenvalue weighted by Gasteiger charge is 2.61. The van der Waals surface area contributed by atoms with Crippen LogP contribution in [0, 0.1) is 87.3 Å². The van der Waals surface area contributed by atoms with E-state index in [9.17, 15) is 15.8 Å². The molecule has 0 radical (unpaired) electrons. The maximum absolute atomic E-state index is 10.6. The minimum absolute atomic E-state index is 0.0305. The van der Waals surface area contributed by atoms with Gasteiger partial charge in [-0.2, -0.15) is 15.8 Å². The van der Waals surface area contributed by atoms with E-state index in [-0.39, 0.29) is 35.9 Å². The third kappa shape index (κ3) is 3.87. The van der Waals surface area contributed by atoms with Crippen molar-refractivity contribution < 1.29 is 4.74 Å². The molecular formula is C32H45N5O. The summed E-state index contributed by atoms with van der Waals surface area (Å²) in [6, 6.07) is 9.32. The van der Waals surface area contributed by atoms with Crippen LogP contribution in [0.5, 0.6) is 0 Å². The standard InChI is InChI=1S/C32H45N5O/c33-15-23-24(16-34)32-31(22-9-3-6-12-28(22)38-32)25(17-35)30(23)19-13-14-29(36-18-19)37-26-10-4-1-7-20(26)21-8-2-5-11-27(21)37/h19-32,36H,1-14,18H2. The summed E-state index contributed by atoms with van der Waals surface area (Å²) in [5.74, 6) is 1.56. The predicted molar refractivity (Wildman–Crippen MR) is 143 cm³/mol. The van der Waals surface area contributed by atoms with Gasteiger partial charge in [-0.25, -0.2) is 0 Å². The summed E-state index contributed by atoms with van der Waals surface area (Å²) < 4.78 is 6.51. The monoisotopic (exact) mass is 515 g/mol. The zero-order valence-electron chi connectivity index (χ0n) is 22.9. The Kier molecular flexibility index (Phi) is 6.93. The summed E-state index contributed by atoms with van der Waals surface area (Å²) in [6.07, 6.45) is 18.3. The van der Waals surface area contributed by atoms with Crippen molar-refractivity contribution in [3.05, 3.63) is 0 Å². The van der Waals surface area contributed by atoms with Gasteiger partial charge in [0, 0.05) is 18.0 Å². The Labute approximate surface area is 229 Å². The van der Waals surface area contributed by atoms with Crippen LogP contribution in [0.2, 0.25) is 0 Å². The summed E-state index contributed by atoms with van der Waals surface area (Å²) in [4.78, 5) is 2.94. The van der Waals surface area contributed by atoms with Gasteiger partial charge < -0.3 is 10.1 Å². The first-order chi connectivity index (χ1) is 18.7. The summed E-state index contributed by atoms with van der Waals surface area (Å²) in [6.45, 7) is 0.876. The van der Waals surface area contributed by atoms with Crippen LogP contribution in [0.3, 0.4) is 0 Å². The molecule has 0 bridgehead atoms. The number of piperidine rings is 1. The number of nitrogens with one attached hydrogen (secondary N) is 1. The Bertz CT molecular complexity index is 981. The molecule has 7 fully saturated rings. The van der Waals surface area contributed by atoms with E-state index in [4.69, 9.17) is 4.74 Å². The van der Waals surface area contributed by atoms with Crippen molar-refractivity contribution in [1.82, 2.24) is 10.2 Å². The molecule has 6 heteroatoms. The summed E-state index contributed by atoms with van der Waals surface area (Å²) in [5, 5.41) is 35.2. The van der Waals surface area contributed by atoms with Crippen molar-refractivity contribution in [3.8, 4) is 18.2 Å². The molecule has 0 aromatic rings. The zero-order valence-corrected chi connectivity index (χ0v) is 22.9. The predicted octanol–water partition coefficient (Wildman–Crippen LogP) is 5.37. The summed E-state index contributed by atoms with van der Waals surface area (Å²) in [5.41, 5.74) is 0. The van der Waals surface area contributed by atoms with E-state index in [0.717, 1.165) is 56.1 Å². The molecule has 0 aromatic heterocycles. The van der Waals surface area contributed by atoms with Crippen molar-refractivity contribution in [2.75, 3.05) is 6.54 Å². The van der Waals surface area contributed by atoms with Crippen molar-refractivity contribution >= 4 is 0 Å². The van der Waals surface area contributed by atoms with E-state index in [1.54, 1.807) is 0 Å². The number of hydrogen-bond donors (Lipinski definition) is 1. The van der Waals surface area contributed by atoms with Crippen LogP contribution in [0.1, 0.15) is 89.9 Å². The fourth-order valence-electron chi connectivity index (χ4n) is 11.2. The average molecular weight is 516 g/mol. The molecule has 6 nitrogen and oxygen atoms in total. The van der Waals surface area contributed by atoms with Crippen LogP contribution < -0.4 is 5.32 Å². The molecule has 4 saturated carbocycles. The van der Waals surface area contributed by atoms with Gasteiger partial charge in [0.05, 0.1) is 54.3 Å². The van der Waals surface area contributed by atoms with E-state index in [0.29, 0.717) is 12.1 Å². The first-order valence-corrected chi connectivity index (χ1v) is 16.1. The Morgan fingerprint density at radius 1 is 0.605 bits per heavy atom. The van der Waals surface area contributed by atoms with Crippen molar-refractivity contribution in [1.29, 1.82) is 15.8 Å². The molecule has 3 saturated heterocycles. The van der Waals surface area contributed by atoms with Gasteiger partial charge in [0.1, 0.15) is 0 Å². The summed E-state index contributed by atoms with van der Waals surface area (Å²) >= 11 is 0. The molecule has 3 heterocycles. The third-order valence-electron chi connectivity index (χ3n) is 12.6. The highest BCUT2D eigenvalue weighted by atomic mass is 16.5. The lowest BCUT2D eigenvalue weighted by atomic mass is 9.54. The number of nitriles is 3. The molecule has 204 valence electrons. The number of hydrogen-bond acceptors (Lipinski definition) is 6. The average Bonchev–Trinajstić information content (AvgIpc) is 3.52. The second-order valence-corrected chi connectivity index (χ2v) is 13.9. The summed E-state index contributed by atoms with van der Waals surface area (Å²) in [7, 11) is 0. The highest BCUT2D eigenvalue weighted by Crippen LogP contribution is 2.57. The fraction of sp³-hybridized carbons (Fsp3) is 0.906. The molecule has 4 aliphatic carbocycles. The van der Waals surface area contributed by atoms with Crippen molar-refractivity contribution in [2.45, 2.75) is 120 Å². The molecule has 0 amide bonds. The quantitative estimate of drug-likeness (QED) is 0.531. The van der Waals surface area contributed by atoms with E-state index in [2.05, 4.69) is 28.4 Å². The lowest BCUT2D eigenvalue weighted by Crippen LogP contribution is -2.58. The van der Waals surface area contributed by atoms with Crippen LogP contribution in [0.4, 0.5) is 0 Å². The first kappa shape index (κ1) is 25.3. The van der Waals surface area contributed by atoms with Gasteiger partial charge >= 0.3 is 0 Å². The van der Waals surface area contributed by atoms with Gasteiger partial charge in [-0.1, -0.05) is 38.5 Å². The number of nitrogens with zero attached hydrogens (tertiary/aromatic N) is 4.